The smallest absolute Gasteiger partial charge is 0.398 e. The molecule has 0 spiro atoms. The highest BCUT2D eigenvalue weighted by atomic mass is 32.2. The van der Waals surface area contributed by atoms with E-state index in [-0.39, 0.29) is 29.5 Å². The lowest BCUT2D eigenvalue weighted by Gasteiger charge is -2.30. The van der Waals surface area contributed by atoms with Crippen LogP contribution in [0.15, 0.2) is 89.4 Å². The SMILES string of the molecule is C=CC[C@H](C[C@H](O)[C@H](C)/C=C(\OC(=O)N(C(C)C)C(C)C)S(=O)(=O)c1ccccc1)OCc1ccccc1. The van der Waals surface area contributed by atoms with Crippen LogP contribution in [0.2, 0.25) is 0 Å². The van der Waals surface area contributed by atoms with Crippen molar-refractivity contribution in [2.75, 3.05) is 0 Å². The summed E-state index contributed by atoms with van der Waals surface area (Å²) >= 11 is 0. The van der Waals surface area contributed by atoms with E-state index in [1.807, 2.05) is 58.0 Å². The van der Waals surface area contributed by atoms with Gasteiger partial charge in [0.05, 0.1) is 23.7 Å². The van der Waals surface area contributed by atoms with Crippen molar-refractivity contribution in [2.24, 2.45) is 5.92 Å². The minimum Gasteiger partial charge on any atom is -0.398 e. The van der Waals surface area contributed by atoms with E-state index >= 15 is 0 Å². The van der Waals surface area contributed by atoms with Crippen LogP contribution < -0.4 is 0 Å². The quantitative estimate of drug-likeness (QED) is 0.228. The van der Waals surface area contributed by atoms with Crippen molar-refractivity contribution < 1.29 is 27.8 Å². The number of benzene rings is 2. The van der Waals surface area contributed by atoms with Crippen molar-refractivity contribution in [2.45, 2.75) is 83.3 Å². The molecular formula is C30H41NO6S. The average Bonchev–Trinajstić information content (AvgIpc) is 2.87. The third-order valence-electron chi connectivity index (χ3n) is 6.10. The average molecular weight is 544 g/mol. The topological polar surface area (TPSA) is 93.1 Å². The van der Waals surface area contributed by atoms with Gasteiger partial charge in [-0.2, -0.15) is 0 Å². The molecule has 0 radical (unpaired) electrons. The van der Waals surface area contributed by atoms with Gasteiger partial charge in [-0.25, -0.2) is 13.2 Å². The summed E-state index contributed by atoms with van der Waals surface area (Å²) in [6.07, 6.45) is 1.75. The lowest BCUT2D eigenvalue weighted by molar-refractivity contribution is -0.00270. The van der Waals surface area contributed by atoms with Gasteiger partial charge >= 0.3 is 6.09 Å². The van der Waals surface area contributed by atoms with Crippen LogP contribution in [-0.4, -0.2) is 48.8 Å². The molecule has 0 aliphatic carbocycles. The summed E-state index contributed by atoms with van der Waals surface area (Å²) in [5, 5.41) is 10.5. The van der Waals surface area contributed by atoms with Crippen molar-refractivity contribution in [3.05, 3.63) is 90.0 Å². The number of sulfone groups is 1. The molecule has 0 aliphatic heterocycles. The van der Waals surface area contributed by atoms with Crippen molar-refractivity contribution in [1.29, 1.82) is 0 Å². The summed E-state index contributed by atoms with van der Waals surface area (Å²) < 4.78 is 38.5. The number of carbonyl (C=O) groups is 1. The molecule has 0 bridgehead atoms. The highest BCUT2D eigenvalue weighted by Gasteiger charge is 2.31. The summed E-state index contributed by atoms with van der Waals surface area (Å²) in [6, 6.07) is 17.1. The first-order chi connectivity index (χ1) is 18.0. The Bertz CT molecular complexity index is 1140. The molecule has 8 heteroatoms. The van der Waals surface area contributed by atoms with Gasteiger partial charge in [0.25, 0.3) is 0 Å². The maximum atomic E-state index is 13.5. The number of aliphatic hydroxyl groups is 1. The van der Waals surface area contributed by atoms with Gasteiger partial charge in [0.2, 0.25) is 14.9 Å². The summed E-state index contributed by atoms with van der Waals surface area (Å²) in [4.78, 5) is 14.5. The lowest BCUT2D eigenvalue weighted by Crippen LogP contribution is -2.42. The first-order valence-electron chi connectivity index (χ1n) is 12.9. The molecule has 1 N–H and O–H groups in total. The van der Waals surface area contributed by atoms with Gasteiger partial charge in [-0.1, -0.05) is 61.5 Å². The zero-order valence-corrected chi connectivity index (χ0v) is 23.8. The Kier molecular flexibility index (Phi) is 12.2. The number of carbonyl (C=O) groups excluding carboxylic acids is 1. The van der Waals surface area contributed by atoms with Gasteiger partial charge < -0.3 is 19.5 Å². The van der Waals surface area contributed by atoms with E-state index in [1.165, 1.54) is 23.1 Å². The van der Waals surface area contributed by atoms with Crippen LogP contribution >= 0.6 is 0 Å². The molecule has 0 aliphatic rings. The number of amides is 1. The number of aliphatic hydroxyl groups excluding tert-OH is 1. The number of hydrogen-bond donors (Lipinski definition) is 1. The number of ether oxygens (including phenoxy) is 2. The van der Waals surface area contributed by atoms with E-state index in [2.05, 4.69) is 6.58 Å². The molecular weight excluding hydrogens is 502 g/mol. The van der Waals surface area contributed by atoms with Crippen LogP contribution in [0.3, 0.4) is 0 Å². The zero-order valence-electron chi connectivity index (χ0n) is 23.0. The molecule has 0 saturated heterocycles. The zero-order chi connectivity index (χ0) is 28.3. The van der Waals surface area contributed by atoms with Crippen LogP contribution in [0.1, 0.15) is 53.0 Å². The van der Waals surface area contributed by atoms with Gasteiger partial charge in [-0.05, 0) is 57.9 Å². The molecule has 2 rings (SSSR count). The molecule has 0 saturated carbocycles. The second kappa shape index (κ2) is 14.9. The van der Waals surface area contributed by atoms with Crippen molar-refractivity contribution in [3.63, 3.8) is 0 Å². The Morgan fingerprint density at radius 3 is 2.05 bits per heavy atom. The van der Waals surface area contributed by atoms with Crippen molar-refractivity contribution >= 4 is 15.9 Å². The molecule has 38 heavy (non-hydrogen) atoms. The molecule has 208 valence electrons. The predicted octanol–water partition coefficient (Wildman–Crippen LogP) is 6.11. The van der Waals surface area contributed by atoms with Gasteiger partial charge in [-0.15, -0.1) is 6.58 Å². The first kappa shape index (κ1) is 31.3. The second-order valence-corrected chi connectivity index (χ2v) is 11.8. The van der Waals surface area contributed by atoms with Crippen LogP contribution in [0.5, 0.6) is 0 Å². The number of nitrogens with zero attached hydrogens (tertiary/aromatic N) is 1. The summed E-state index contributed by atoms with van der Waals surface area (Å²) in [7, 11) is -4.16. The second-order valence-electron chi connectivity index (χ2n) is 9.87. The first-order valence-corrected chi connectivity index (χ1v) is 14.4. The summed E-state index contributed by atoms with van der Waals surface area (Å²) in [5.74, 6) is -0.657. The van der Waals surface area contributed by atoms with Crippen LogP contribution in [0.4, 0.5) is 4.79 Å². The minimum absolute atomic E-state index is 0.00267. The lowest BCUT2D eigenvalue weighted by atomic mass is 9.98. The van der Waals surface area contributed by atoms with E-state index in [0.29, 0.717) is 13.0 Å². The molecule has 7 nitrogen and oxygen atoms in total. The normalized spacial score (nSPS) is 14.7. The largest absolute Gasteiger partial charge is 0.416 e. The minimum atomic E-state index is -4.16. The Balaban J connectivity index is 2.30. The summed E-state index contributed by atoms with van der Waals surface area (Å²) in [6.45, 7) is 13.2. The monoisotopic (exact) mass is 543 g/mol. The third-order valence-corrected chi connectivity index (χ3v) is 7.74. The summed E-state index contributed by atoms with van der Waals surface area (Å²) in [5.41, 5.74) is 1.01. The standard InChI is InChI=1S/C30H41NO6S/c1-7-14-26(36-21-25-15-10-8-11-16-25)20-28(32)24(6)19-29(37-30(33)31(22(2)3)23(4)5)38(34,35)27-17-12-9-13-18-27/h7-13,15-19,22-24,26,28,32H,1,14,20-21H2,2-6H3/b29-19+/t24-,26-,28+/m1/s1. The fourth-order valence-electron chi connectivity index (χ4n) is 4.07. The van der Waals surface area contributed by atoms with Crippen molar-refractivity contribution in [3.8, 4) is 0 Å². The molecule has 0 fully saturated rings. The van der Waals surface area contributed by atoms with E-state index < -0.39 is 33.0 Å². The van der Waals surface area contributed by atoms with E-state index in [4.69, 9.17) is 9.47 Å². The Hall–Kier alpha value is -2.94. The van der Waals surface area contributed by atoms with E-state index in [1.54, 1.807) is 31.2 Å². The van der Waals surface area contributed by atoms with Crippen LogP contribution in [-0.2, 0) is 25.9 Å². The molecule has 1 amide bonds. The Labute approximate surface area is 227 Å². The van der Waals surface area contributed by atoms with E-state index in [0.717, 1.165) is 5.56 Å². The van der Waals surface area contributed by atoms with Gasteiger partial charge in [0, 0.05) is 24.4 Å². The molecule has 2 aromatic rings. The molecule has 3 atom stereocenters. The number of hydrogen-bond acceptors (Lipinski definition) is 6. The fraction of sp³-hybridized carbons (Fsp3) is 0.433. The van der Waals surface area contributed by atoms with Gasteiger partial charge in [0.1, 0.15) is 0 Å². The van der Waals surface area contributed by atoms with Crippen molar-refractivity contribution in [1.82, 2.24) is 4.90 Å². The highest BCUT2D eigenvalue weighted by Crippen LogP contribution is 2.26. The van der Waals surface area contributed by atoms with Crippen LogP contribution in [0, 0.1) is 5.92 Å². The molecule has 0 aromatic heterocycles. The maximum Gasteiger partial charge on any atom is 0.416 e. The van der Waals surface area contributed by atoms with Crippen LogP contribution in [0.25, 0.3) is 0 Å². The highest BCUT2D eigenvalue weighted by molar-refractivity contribution is 7.95. The molecule has 2 aromatic carbocycles. The maximum absolute atomic E-state index is 13.5. The molecule has 0 unspecified atom stereocenters. The third kappa shape index (κ3) is 9.11. The predicted molar refractivity (Wildman–Crippen MR) is 150 cm³/mol. The Morgan fingerprint density at radius 2 is 1.53 bits per heavy atom. The van der Waals surface area contributed by atoms with Gasteiger partial charge in [0.15, 0.2) is 0 Å². The number of rotatable bonds is 14. The van der Waals surface area contributed by atoms with Gasteiger partial charge in [-0.3, -0.25) is 0 Å². The fourth-order valence-corrected chi connectivity index (χ4v) is 5.39. The molecule has 0 heterocycles. The van der Waals surface area contributed by atoms with E-state index in [9.17, 15) is 18.3 Å². The Morgan fingerprint density at radius 1 is 0.974 bits per heavy atom.